The van der Waals surface area contributed by atoms with Crippen LogP contribution in [0.4, 0.5) is 0 Å². The third-order valence-corrected chi connectivity index (χ3v) is 4.83. The van der Waals surface area contributed by atoms with Crippen LogP contribution in [0.15, 0.2) is 47.6 Å². The lowest BCUT2D eigenvalue weighted by atomic mass is 10.0. The fourth-order valence-corrected chi connectivity index (χ4v) is 3.31. The van der Waals surface area contributed by atoms with E-state index >= 15 is 0 Å². The molecule has 2 aromatic rings. The Morgan fingerprint density at radius 3 is 2.96 bits per heavy atom. The first-order valence-electron chi connectivity index (χ1n) is 8.24. The van der Waals surface area contributed by atoms with Gasteiger partial charge in [0.1, 0.15) is 5.01 Å². The molecular formula is C20H25N3S. The van der Waals surface area contributed by atoms with E-state index in [1.165, 1.54) is 0 Å². The quantitative estimate of drug-likeness (QED) is 0.487. The molecule has 0 saturated heterocycles. The van der Waals surface area contributed by atoms with Crippen LogP contribution in [0.25, 0.3) is 17.3 Å². The fraction of sp³-hybridized carbons (Fsp3) is 0.300. The second-order valence-electron chi connectivity index (χ2n) is 5.68. The van der Waals surface area contributed by atoms with Gasteiger partial charge in [0, 0.05) is 40.5 Å². The van der Waals surface area contributed by atoms with Crippen LogP contribution in [0.3, 0.4) is 0 Å². The second-order valence-corrected chi connectivity index (χ2v) is 6.54. The SMILES string of the molecule is C=C/C=C\c1c(-c2csc(C(=N/C=C\C)C(C)CC)n2)c[nH]c1C. The molecule has 1 unspecified atom stereocenters. The number of thiazole rings is 1. The van der Waals surface area contributed by atoms with Crippen molar-refractivity contribution in [2.75, 3.05) is 0 Å². The molecular weight excluding hydrogens is 314 g/mol. The smallest absolute Gasteiger partial charge is 0.138 e. The van der Waals surface area contributed by atoms with Crippen molar-refractivity contribution in [2.45, 2.75) is 34.1 Å². The lowest BCUT2D eigenvalue weighted by molar-refractivity contribution is 0.739. The lowest BCUT2D eigenvalue weighted by Crippen LogP contribution is -2.11. The van der Waals surface area contributed by atoms with E-state index in [1.807, 2.05) is 31.5 Å². The van der Waals surface area contributed by atoms with Gasteiger partial charge in [-0.2, -0.15) is 0 Å². The Labute approximate surface area is 148 Å². The molecule has 126 valence electrons. The van der Waals surface area contributed by atoms with Crippen LogP contribution in [-0.4, -0.2) is 15.7 Å². The Kier molecular flexibility index (Phi) is 6.50. The number of nitrogens with zero attached hydrogens (tertiary/aromatic N) is 2. The zero-order valence-electron chi connectivity index (χ0n) is 14.8. The summed E-state index contributed by atoms with van der Waals surface area (Å²) in [6.07, 6.45) is 12.7. The summed E-state index contributed by atoms with van der Waals surface area (Å²) in [6.45, 7) is 12.2. The predicted molar refractivity (Wildman–Crippen MR) is 107 cm³/mol. The van der Waals surface area contributed by atoms with Crippen molar-refractivity contribution < 1.29 is 0 Å². The highest BCUT2D eigenvalue weighted by molar-refractivity contribution is 7.12. The minimum absolute atomic E-state index is 0.383. The number of aromatic nitrogens is 2. The van der Waals surface area contributed by atoms with Gasteiger partial charge in [0.25, 0.3) is 0 Å². The maximum Gasteiger partial charge on any atom is 0.138 e. The van der Waals surface area contributed by atoms with Gasteiger partial charge >= 0.3 is 0 Å². The molecule has 0 bridgehead atoms. The highest BCUT2D eigenvalue weighted by atomic mass is 32.1. The minimum Gasteiger partial charge on any atom is -0.364 e. The maximum absolute atomic E-state index is 4.86. The second kappa shape index (κ2) is 8.60. The predicted octanol–water partition coefficient (Wildman–Crippen LogP) is 6.01. The van der Waals surface area contributed by atoms with Gasteiger partial charge in [0.05, 0.1) is 11.4 Å². The van der Waals surface area contributed by atoms with Crippen LogP contribution in [0, 0.1) is 12.8 Å². The van der Waals surface area contributed by atoms with Crippen LogP contribution < -0.4 is 0 Å². The number of nitrogens with one attached hydrogen (secondary N) is 1. The molecule has 1 N–H and O–H groups in total. The standard InChI is InChI=1S/C20H25N3S/c1-6-9-10-16-15(5)22-12-17(16)18-13-24-20(23-18)19(14(4)8-3)21-11-7-2/h6-7,9-14,22H,1,8H2,2-5H3/b10-9-,11-7-,21-19?. The van der Waals surface area contributed by atoms with Gasteiger partial charge in [0.15, 0.2) is 0 Å². The Hall–Kier alpha value is -2.20. The van der Waals surface area contributed by atoms with Crippen LogP contribution in [-0.2, 0) is 0 Å². The molecule has 2 rings (SSSR count). The van der Waals surface area contributed by atoms with E-state index in [1.54, 1.807) is 17.4 Å². The zero-order valence-corrected chi connectivity index (χ0v) is 15.7. The molecule has 2 heterocycles. The number of hydrogen-bond donors (Lipinski definition) is 1. The van der Waals surface area contributed by atoms with Crippen molar-refractivity contribution in [1.82, 2.24) is 9.97 Å². The normalized spacial score (nSPS) is 13.9. The van der Waals surface area contributed by atoms with Crippen molar-refractivity contribution in [2.24, 2.45) is 10.9 Å². The molecule has 0 radical (unpaired) electrons. The topological polar surface area (TPSA) is 41.0 Å². The van der Waals surface area contributed by atoms with Crippen molar-refractivity contribution in [3.05, 3.63) is 58.8 Å². The molecule has 4 heteroatoms. The first-order chi connectivity index (χ1) is 11.6. The number of allylic oxidation sites excluding steroid dienone is 3. The first-order valence-corrected chi connectivity index (χ1v) is 9.12. The first kappa shape index (κ1) is 18.1. The van der Waals surface area contributed by atoms with Crippen LogP contribution >= 0.6 is 11.3 Å². The van der Waals surface area contributed by atoms with Crippen molar-refractivity contribution in [1.29, 1.82) is 0 Å². The van der Waals surface area contributed by atoms with Crippen LogP contribution in [0.1, 0.15) is 43.5 Å². The number of hydrogen-bond acceptors (Lipinski definition) is 3. The summed E-state index contributed by atoms with van der Waals surface area (Å²) in [6, 6.07) is 0. The van der Waals surface area contributed by atoms with Gasteiger partial charge in [-0.1, -0.05) is 44.7 Å². The lowest BCUT2D eigenvalue weighted by Gasteiger charge is -2.09. The van der Waals surface area contributed by atoms with Crippen molar-refractivity contribution in [3.8, 4) is 11.3 Å². The summed E-state index contributed by atoms with van der Waals surface area (Å²) >= 11 is 1.65. The Balaban J connectivity index is 2.43. The summed E-state index contributed by atoms with van der Waals surface area (Å²) in [5, 5.41) is 3.10. The van der Waals surface area contributed by atoms with E-state index in [0.717, 1.165) is 39.7 Å². The molecule has 3 nitrogen and oxygen atoms in total. The third kappa shape index (κ3) is 4.01. The van der Waals surface area contributed by atoms with E-state index in [4.69, 9.17) is 4.98 Å². The van der Waals surface area contributed by atoms with Gasteiger partial charge in [-0.3, -0.25) is 4.99 Å². The van der Waals surface area contributed by atoms with E-state index in [-0.39, 0.29) is 0 Å². The number of aliphatic imine (C=N–C) groups is 1. The Morgan fingerprint density at radius 2 is 2.29 bits per heavy atom. The Bertz CT molecular complexity index is 775. The fourth-order valence-electron chi connectivity index (χ4n) is 2.39. The zero-order chi connectivity index (χ0) is 17.5. The van der Waals surface area contributed by atoms with Gasteiger partial charge in [-0.25, -0.2) is 4.98 Å². The molecule has 24 heavy (non-hydrogen) atoms. The van der Waals surface area contributed by atoms with Gasteiger partial charge in [0.2, 0.25) is 0 Å². The number of aromatic amines is 1. The highest BCUT2D eigenvalue weighted by Crippen LogP contribution is 2.29. The average Bonchev–Trinajstić information content (AvgIpc) is 3.20. The molecule has 2 aromatic heterocycles. The molecule has 0 aromatic carbocycles. The van der Waals surface area contributed by atoms with E-state index in [9.17, 15) is 0 Å². The van der Waals surface area contributed by atoms with Crippen LogP contribution in [0.2, 0.25) is 0 Å². The molecule has 0 aliphatic heterocycles. The Morgan fingerprint density at radius 1 is 1.50 bits per heavy atom. The number of rotatable bonds is 7. The average molecular weight is 340 g/mol. The summed E-state index contributed by atoms with van der Waals surface area (Å²) in [4.78, 5) is 12.8. The summed E-state index contributed by atoms with van der Waals surface area (Å²) in [5.74, 6) is 0.383. The van der Waals surface area contributed by atoms with E-state index in [2.05, 4.69) is 48.8 Å². The monoisotopic (exact) mass is 339 g/mol. The molecule has 0 spiro atoms. The van der Waals surface area contributed by atoms with E-state index < -0.39 is 0 Å². The van der Waals surface area contributed by atoms with Crippen LogP contribution in [0.5, 0.6) is 0 Å². The molecule has 0 aliphatic rings. The molecule has 0 saturated carbocycles. The summed E-state index contributed by atoms with van der Waals surface area (Å²) in [5.41, 5.74) is 5.44. The minimum atomic E-state index is 0.383. The third-order valence-electron chi connectivity index (χ3n) is 3.97. The maximum atomic E-state index is 4.86. The summed E-state index contributed by atoms with van der Waals surface area (Å²) < 4.78 is 0. The molecule has 1 atom stereocenters. The molecule has 0 aliphatic carbocycles. The van der Waals surface area contributed by atoms with Crippen molar-refractivity contribution in [3.63, 3.8) is 0 Å². The van der Waals surface area contributed by atoms with Gasteiger partial charge < -0.3 is 4.98 Å². The molecule has 0 amide bonds. The number of aryl methyl sites for hydroxylation is 1. The number of H-pyrrole nitrogens is 1. The summed E-state index contributed by atoms with van der Waals surface area (Å²) in [7, 11) is 0. The van der Waals surface area contributed by atoms with Gasteiger partial charge in [-0.05, 0) is 20.3 Å². The largest absolute Gasteiger partial charge is 0.364 e. The van der Waals surface area contributed by atoms with Crippen molar-refractivity contribution >= 4 is 23.1 Å². The van der Waals surface area contributed by atoms with E-state index in [0.29, 0.717) is 5.92 Å². The van der Waals surface area contributed by atoms with Gasteiger partial charge in [-0.15, -0.1) is 11.3 Å². The molecule has 0 fully saturated rings. The highest BCUT2D eigenvalue weighted by Gasteiger charge is 2.17.